The third kappa shape index (κ3) is 3.21. The Morgan fingerprint density at radius 2 is 2.00 bits per heavy atom. The standard InChI is InChI=1S/C11H13BrO3S/c12-8-3-1-2-4-10(8)16-11-6-15-7-14-5-9(11)13/h1-4,9,11,13H,5-7H2/t9-,11-/m0/s1. The van der Waals surface area contributed by atoms with Crippen LogP contribution in [0.5, 0.6) is 0 Å². The highest BCUT2D eigenvalue weighted by molar-refractivity contribution is 9.10. The van der Waals surface area contributed by atoms with Crippen LogP contribution in [0, 0.1) is 0 Å². The van der Waals surface area contributed by atoms with E-state index in [0.717, 1.165) is 9.37 Å². The van der Waals surface area contributed by atoms with Crippen molar-refractivity contribution in [2.75, 3.05) is 20.0 Å². The summed E-state index contributed by atoms with van der Waals surface area (Å²) in [4.78, 5) is 1.11. The summed E-state index contributed by atoms with van der Waals surface area (Å²) in [6.07, 6.45) is -0.486. The van der Waals surface area contributed by atoms with E-state index in [0.29, 0.717) is 13.2 Å². The molecule has 2 atom stereocenters. The number of ether oxygens (including phenoxy) is 2. The molecule has 88 valence electrons. The fraction of sp³-hybridized carbons (Fsp3) is 0.455. The Hall–Kier alpha value is -0.0700. The molecule has 1 aromatic carbocycles. The van der Waals surface area contributed by atoms with Gasteiger partial charge in [0.1, 0.15) is 6.79 Å². The van der Waals surface area contributed by atoms with Crippen LogP contribution in [0.2, 0.25) is 0 Å². The molecule has 0 amide bonds. The van der Waals surface area contributed by atoms with Crippen LogP contribution in [0.3, 0.4) is 0 Å². The zero-order chi connectivity index (χ0) is 11.4. The quantitative estimate of drug-likeness (QED) is 0.910. The molecule has 1 aliphatic heterocycles. The van der Waals surface area contributed by atoms with E-state index in [1.807, 2.05) is 24.3 Å². The molecule has 5 heteroatoms. The number of rotatable bonds is 2. The third-order valence-electron chi connectivity index (χ3n) is 2.28. The maximum atomic E-state index is 9.86. The van der Waals surface area contributed by atoms with Crippen molar-refractivity contribution in [3.05, 3.63) is 28.7 Å². The molecule has 1 saturated heterocycles. The number of aliphatic hydroxyl groups excluding tert-OH is 1. The molecule has 1 aromatic rings. The summed E-state index contributed by atoms with van der Waals surface area (Å²) in [6, 6.07) is 7.96. The Labute approximate surface area is 107 Å². The minimum Gasteiger partial charge on any atom is -0.389 e. The van der Waals surface area contributed by atoms with Crippen LogP contribution in [0.15, 0.2) is 33.6 Å². The van der Waals surface area contributed by atoms with Crippen molar-refractivity contribution >= 4 is 27.7 Å². The molecule has 0 aliphatic carbocycles. The molecule has 3 nitrogen and oxygen atoms in total. The van der Waals surface area contributed by atoms with Crippen molar-refractivity contribution in [2.45, 2.75) is 16.2 Å². The highest BCUT2D eigenvalue weighted by Gasteiger charge is 2.24. The number of benzene rings is 1. The van der Waals surface area contributed by atoms with Crippen molar-refractivity contribution in [1.29, 1.82) is 0 Å². The Kier molecular flexibility index (Phi) is 4.66. The number of halogens is 1. The zero-order valence-corrected chi connectivity index (χ0v) is 11.0. The molecular weight excluding hydrogens is 292 g/mol. The predicted molar refractivity (Wildman–Crippen MR) is 66.6 cm³/mol. The second kappa shape index (κ2) is 6.02. The fourth-order valence-corrected chi connectivity index (χ4v) is 3.06. The predicted octanol–water partition coefficient (Wildman–Crippen LogP) is 2.28. The molecule has 0 saturated carbocycles. The van der Waals surface area contributed by atoms with E-state index >= 15 is 0 Å². The first kappa shape index (κ1) is 12.4. The topological polar surface area (TPSA) is 38.7 Å². The lowest BCUT2D eigenvalue weighted by Crippen LogP contribution is -2.28. The smallest absolute Gasteiger partial charge is 0.146 e. The van der Waals surface area contributed by atoms with Gasteiger partial charge in [0.05, 0.1) is 24.6 Å². The van der Waals surface area contributed by atoms with Gasteiger partial charge in [-0.05, 0) is 28.1 Å². The Bertz CT molecular complexity index is 348. The minimum absolute atomic E-state index is 0.0150. The van der Waals surface area contributed by atoms with Gasteiger partial charge in [0, 0.05) is 9.37 Å². The van der Waals surface area contributed by atoms with Crippen LogP contribution in [-0.4, -0.2) is 36.5 Å². The van der Waals surface area contributed by atoms with Gasteiger partial charge in [-0.1, -0.05) is 12.1 Å². The summed E-state index contributed by atoms with van der Waals surface area (Å²) in [7, 11) is 0. The summed E-state index contributed by atoms with van der Waals surface area (Å²) in [6.45, 7) is 1.11. The van der Waals surface area contributed by atoms with Gasteiger partial charge in [0.15, 0.2) is 0 Å². The Morgan fingerprint density at radius 3 is 2.81 bits per heavy atom. The van der Waals surface area contributed by atoms with E-state index in [-0.39, 0.29) is 12.0 Å². The summed E-state index contributed by atoms with van der Waals surface area (Å²) >= 11 is 5.10. The van der Waals surface area contributed by atoms with E-state index in [9.17, 15) is 5.11 Å². The maximum absolute atomic E-state index is 9.86. The maximum Gasteiger partial charge on any atom is 0.146 e. The molecule has 0 aromatic heterocycles. The average molecular weight is 305 g/mol. The van der Waals surface area contributed by atoms with Crippen molar-refractivity contribution in [3.8, 4) is 0 Å². The van der Waals surface area contributed by atoms with Gasteiger partial charge < -0.3 is 14.6 Å². The first-order valence-electron chi connectivity index (χ1n) is 5.02. The monoisotopic (exact) mass is 304 g/mol. The molecule has 2 rings (SSSR count). The second-order valence-corrected chi connectivity index (χ2v) is 5.65. The molecular formula is C11H13BrO3S. The van der Waals surface area contributed by atoms with E-state index in [4.69, 9.17) is 9.47 Å². The first-order chi connectivity index (χ1) is 7.77. The normalized spacial score (nSPS) is 26.4. The minimum atomic E-state index is -0.486. The summed E-state index contributed by atoms with van der Waals surface area (Å²) < 4.78 is 11.4. The number of thioether (sulfide) groups is 1. The Morgan fingerprint density at radius 1 is 1.25 bits per heavy atom. The van der Waals surface area contributed by atoms with Gasteiger partial charge in [0.2, 0.25) is 0 Å². The number of hydrogen-bond donors (Lipinski definition) is 1. The highest BCUT2D eigenvalue weighted by atomic mass is 79.9. The average Bonchev–Trinajstić information content (AvgIpc) is 2.48. The fourth-order valence-electron chi connectivity index (χ4n) is 1.43. The number of hydrogen-bond acceptors (Lipinski definition) is 4. The summed E-state index contributed by atoms with van der Waals surface area (Å²) in [5.41, 5.74) is 0. The van der Waals surface area contributed by atoms with Crippen molar-refractivity contribution in [1.82, 2.24) is 0 Å². The van der Waals surface area contributed by atoms with Crippen LogP contribution in [0.1, 0.15) is 0 Å². The molecule has 0 bridgehead atoms. The highest BCUT2D eigenvalue weighted by Crippen LogP contribution is 2.32. The first-order valence-corrected chi connectivity index (χ1v) is 6.69. The van der Waals surface area contributed by atoms with Crippen molar-refractivity contribution in [3.63, 3.8) is 0 Å². The van der Waals surface area contributed by atoms with E-state index in [1.165, 1.54) is 0 Å². The van der Waals surface area contributed by atoms with E-state index in [1.54, 1.807) is 11.8 Å². The molecule has 16 heavy (non-hydrogen) atoms. The lowest BCUT2D eigenvalue weighted by Gasteiger charge is -2.18. The van der Waals surface area contributed by atoms with Crippen molar-refractivity contribution in [2.24, 2.45) is 0 Å². The molecule has 1 N–H and O–H groups in total. The van der Waals surface area contributed by atoms with Gasteiger partial charge in [-0.3, -0.25) is 0 Å². The van der Waals surface area contributed by atoms with Crippen LogP contribution >= 0.6 is 27.7 Å². The van der Waals surface area contributed by atoms with Gasteiger partial charge in [-0.15, -0.1) is 11.8 Å². The summed E-state index contributed by atoms with van der Waals surface area (Å²) in [5, 5.41) is 9.88. The largest absolute Gasteiger partial charge is 0.389 e. The third-order valence-corrected chi connectivity index (χ3v) is 4.60. The molecule has 1 fully saturated rings. The van der Waals surface area contributed by atoms with Gasteiger partial charge in [-0.2, -0.15) is 0 Å². The van der Waals surface area contributed by atoms with E-state index < -0.39 is 6.10 Å². The molecule has 1 aliphatic rings. The zero-order valence-electron chi connectivity index (χ0n) is 8.64. The molecule has 0 spiro atoms. The van der Waals surface area contributed by atoms with Gasteiger partial charge >= 0.3 is 0 Å². The Balaban J connectivity index is 2.05. The second-order valence-electron chi connectivity index (χ2n) is 3.51. The summed E-state index contributed by atoms with van der Waals surface area (Å²) in [5.74, 6) is 0. The van der Waals surface area contributed by atoms with Crippen molar-refractivity contribution < 1.29 is 14.6 Å². The SMILES string of the molecule is O[C@H]1COCOC[C@@H]1Sc1ccccc1Br. The molecule has 0 unspecified atom stereocenters. The van der Waals surface area contributed by atoms with Gasteiger partial charge in [-0.25, -0.2) is 0 Å². The van der Waals surface area contributed by atoms with Crippen LogP contribution < -0.4 is 0 Å². The molecule has 1 heterocycles. The van der Waals surface area contributed by atoms with Gasteiger partial charge in [0.25, 0.3) is 0 Å². The lowest BCUT2D eigenvalue weighted by molar-refractivity contribution is -0.0420. The van der Waals surface area contributed by atoms with Crippen LogP contribution in [0.25, 0.3) is 0 Å². The van der Waals surface area contributed by atoms with E-state index in [2.05, 4.69) is 15.9 Å². The lowest BCUT2D eigenvalue weighted by atomic mass is 10.3. The molecule has 0 radical (unpaired) electrons. The number of aliphatic hydroxyl groups is 1. The van der Waals surface area contributed by atoms with Crippen LogP contribution in [-0.2, 0) is 9.47 Å². The van der Waals surface area contributed by atoms with Crippen LogP contribution in [0.4, 0.5) is 0 Å².